The van der Waals surface area contributed by atoms with E-state index in [2.05, 4.69) is 15.4 Å². The van der Waals surface area contributed by atoms with Crippen LogP contribution in [0, 0.1) is 19.7 Å². The first-order valence-electron chi connectivity index (χ1n) is 9.50. The third-order valence-electron chi connectivity index (χ3n) is 5.09. The van der Waals surface area contributed by atoms with Gasteiger partial charge in [-0.05, 0) is 32.0 Å². The Morgan fingerprint density at radius 1 is 1.24 bits per heavy atom. The molecule has 1 aromatic carbocycles. The van der Waals surface area contributed by atoms with Crippen molar-refractivity contribution >= 4 is 29.1 Å². The molecule has 9 heteroatoms. The summed E-state index contributed by atoms with van der Waals surface area (Å²) in [5, 5.41) is 6.73. The van der Waals surface area contributed by atoms with Crippen LogP contribution in [0.1, 0.15) is 23.4 Å². The summed E-state index contributed by atoms with van der Waals surface area (Å²) in [5.41, 5.74) is 1.72. The number of rotatable bonds is 6. The SMILES string of the molecule is Cc1noc(C)c1CC(=O)N1CCN(CCC(=O)Nc2ccc(Cl)cc2F)CC1. The fraction of sp³-hybridized carbons (Fsp3) is 0.450. The van der Waals surface area contributed by atoms with Crippen LogP contribution in [-0.4, -0.2) is 59.5 Å². The molecule has 1 aromatic heterocycles. The number of aryl methyl sites for hydroxylation is 2. The molecule has 3 rings (SSSR count). The largest absolute Gasteiger partial charge is 0.361 e. The fourth-order valence-corrected chi connectivity index (χ4v) is 3.46. The van der Waals surface area contributed by atoms with Crippen molar-refractivity contribution < 1.29 is 18.5 Å². The molecule has 0 atom stereocenters. The van der Waals surface area contributed by atoms with Gasteiger partial charge >= 0.3 is 0 Å². The van der Waals surface area contributed by atoms with Crippen LogP contribution in [0.5, 0.6) is 0 Å². The molecule has 29 heavy (non-hydrogen) atoms. The Hall–Kier alpha value is -2.45. The van der Waals surface area contributed by atoms with Gasteiger partial charge in [-0.1, -0.05) is 16.8 Å². The van der Waals surface area contributed by atoms with Gasteiger partial charge in [-0.25, -0.2) is 4.39 Å². The maximum absolute atomic E-state index is 13.8. The molecule has 2 amide bonds. The van der Waals surface area contributed by atoms with Gasteiger partial charge in [0, 0.05) is 49.7 Å². The van der Waals surface area contributed by atoms with Crippen LogP contribution in [0.15, 0.2) is 22.7 Å². The Balaban J connectivity index is 1.41. The molecule has 1 aliphatic rings. The minimum atomic E-state index is -0.559. The quantitative estimate of drug-likeness (QED) is 0.774. The van der Waals surface area contributed by atoms with Crippen molar-refractivity contribution in [1.82, 2.24) is 15.0 Å². The molecule has 0 spiro atoms. The Kier molecular flexibility index (Phi) is 6.87. The lowest BCUT2D eigenvalue weighted by molar-refractivity contribution is -0.132. The lowest BCUT2D eigenvalue weighted by atomic mass is 10.1. The molecule has 2 heterocycles. The van der Waals surface area contributed by atoms with Gasteiger partial charge in [-0.3, -0.25) is 14.5 Å². The third kappa shape index (κ3) is 5.55. The van der Waals surface area contributed by atoms with Crippen LogP contribution < -0.4 is 5.32 Å². The molecule has 0 saturated carbocycles. The highest BCUT2D eigenvalue weighted by molar-refractivity contribution is 6.30. The average Bonchev–Trinajstić information content (AvgIpc) is 3.01. The van der Waals surface area contributed by atoms with Crippen molar-refractivity contribution in [2.75, 3.05) is 38.0 Å². The number of benzene rings is 1. The minimum absolute atomic E-state index is 0.0509. The minimum Gasteiger partial charge on any atom is -0.361 e. The van der Waals surface area contributed by atoms with E-state index < -0.39 is 5.82 Å². The first-order chi connectivity index (χ1) is 13.8. The van der Waals surface area contributed by atoms with Gasteiger partial charge in [0.05, 0.1) is 17.8 Å². The highest BCUT2D eigenvalue weighted by Gasteiger charge is 2.23. The zero-order chi connectivity index (χ0) is 21.0. The molecule has 0 aliphatic carbocycles. The topological polar surface area (TPSA) is 78.7 Å². The third-order valence-corrected chi connectivity index (χ3v) is 5.33. The smallest absolute Gasteiger partial charge is 0.227 e. The van der Waals surface area contributed by atoms with Crippen molar-refractivity contribution in [2.45, 2.75) is 26.7 Å². The second kappa shape index (κ2) is 9.37. The maximum Gasteiger partial charge on any atom is 0.227 e. The van der Waals surface area contributed by atoms with E-state index >= 15 is 0 Å². The number of hydrogen-bond acceptors (Lipinski definition) is 5. The van der Waals surface area contributed by atoms with E-state index in [1.165, 1.54) is 12.1 Å². The summed E-state index contributed by atoms with van der Waals surface area (Å²) < 4.78 is 18.9. The van der Waals surface area contributed by atoms with Crippen LogP contribution in [-0.2, 0) is 16.0 Å². The number of carbonyl (C=O) groups is 2. The second-order valence-corrected chi connectivity index (χ2v) is 7.56. The molecule has 2 aromatic rings. The van der Waals surface area contributed by atoms with E-state index in [4.69, 9.17) is 16.1 Å². The van der Waals surface area contributed by atoms with E-state index in [0.717, 1.165) is 17.3 Å². The molecular formula is C20H24ClFN4O3. The Morgan fingerprint density at radius 3 is 2.59 bits per heavy atom. The van der Waals surface area contributed by atoms with Crippen molar-refractivity contribution in [3.8, 4) is 0 Å². The summed E-state index contributed by atoms with van der Waals surface area (Å²) in [6.45, 7) is 6.78. The van der Waals surface area contributed by atoms with E-state index in [1.54, 1.807) is 0 Å². The normalized spacial score (nSPS) is 14.8. The summed E-state index contributed by atoms with van der Waals surface area (Å²) >= 11 is 5.71. The lowest BCUT2D eigenvalue weighted by Gasteiger charge is -2.34. The van der Waals surface area contributed by atoms with Gasteiger partial charge in [0.1, 0.15) is 11.6 Å². The molecule has 1 fully saturated rings. The Bertz CT molecular complexity index is 874. The zero-order valence-electron chi connectivity index (χ0n) is 16.5. The van der Waals surface area contributed by atoms with Gasteiger partial charge in [-0.2, -0.15) is 0 Å². The summed E-state index contributed by atoms with van der Waals surface area (Å²) in [7, 11) is 0. The maximum atomic E-state index is 13.8. The lowest BCUT2D eigenvalue weighted by Crippen LogP contribution is -2.49. The van der Waals surface area contributed by atoms with Gasteiger partial charge in [0.2, 0.25) is 11.8 Å². The van der Waals surface area contributed by atoms with Crippen LogP contribution in [0.4, 0.5) is 10.1 Å². The van der Waals surface area contributed by atoms with Gasteiger partial charge in [0.15, 0.2) is 0 Å². The van der Waals surface area contributed by atoms with Crippen molar-refractivity contribution in [2.24, 2.45) is 0 Å². The number of nitrogens with one attached hydrogen (secondary N) is 1. The number of carbonyl (C=O) groups excluding carboxylic acids is 2. The first kappa shape index (κ1) is 21.3. The molecule has 1 saturated heterocycles. The highest BCUT2D eigenvalue weighted by atomic mass is 35.5. The molecule has 0 unspecified atom stereocenters. The molecular weight excluding hydrogens is 399 g/mol. The van der Waals surface area contributed by atoms with Crippen LogP contribution in [0.3, 0.4) is 0 Å². The summed E-state index contributed by atoms with van der Waals surface area (Å²) in [6.07, 6.45) is 0.533. The summed E-state index contributed by atoms with van der Waals surface area (Å²) in [6, 6.07) is 4.13. The first-order valence-corrected chi connectivity index (χ1v) is 9.88. The van der Waals surface area contributed by atoms with E-state index in [0.29, 0.717) is 38.5 Å². The van der Waals surface area contributed by atoms with Gasteiger partial charge in [-0.15, -0.1) is 0 Å². The number of piperazine rings is 1. The Morgan fingerprint density at radius 2 is 1.97 bits per heavy atom. The van der Waals surface area contributed by atoms with Crippen LogP contribution in [0.25, 0.3) is 0 Å². The van der Waals surface area contributed by atoms with Gasteiger partial charge in [0.25, 0.3) is 0 Å². The number of halogens is 2. The molecule has 1 aliphatic heterocycles. The number of nitrogens with zero attached hydrogens (tertiary/aromatic N) is 3. The predicted octanol–water partition coefficient (Wildman–Crippen LogP) is 2.80. The van der Waals surface area contributed by atoms with E-state index in [-0.39, 0.29) is 35.4 Å². The highest BCUT2D eigenvalue weighted by Crippen LogP contribution is 2.19. The van der Waals surface area contributed by atoms with Crippen molar-refractivity contribution in [3.05, 3.63) is 46.1 Å². The average molecular weight is 423 g/mol. The molecule has 0 radical (unpaired) electrons. The molecule has 7 nitrogen and oxygen atoms in total. The molecule has 0 bridgehead atoms. The predicted molar refractivity (Wildman–Crippen MR) is 107 cm³/mol. The molecule has 1 N–H and O–H groups in total. The number of aromatic nitrogens is 1. The number of anilines is 1. The van der Waals surface area contributed by atoms with Crippen LogP contribution in [0.2, 0.25) is 5.02 Å². The summed E-state index contributed by atoms with van der Waals surface area (Å²) in [5.74, 6) is -0.0907. The zero-order valence-corrected chi connectivity index (χ0v) is 17.3. The molecule has 156 valence electrons. The van der Waals surface area contributed by atoms with Gasteiger partial charge < -0.3 is 14.7 Å². The van der Waals surface area contributed by atoms with Crippen LogP contribution >= 0.6 is 11.6 Å². The Labute approximate surface area is 173 Å². The fourth-order valence-electron chi connectivity index (χ4n) is 3.30. The summed E-state index contributed by atoms with van der Waals surface area (Å²) in [4.78, 5) is 28.6. The second-order valence-electron chi connectivity index (χ2n) is 7.12. The van der Waals surface area contributed by atoms with Crippen molar-refractivity contribution in [3.63, 3.8) is 0 Å². The standard InChI is InChI=1S/C20H24ClFN4O3/c1-13-16(14(2)29-24-13)12-20(28)26-9-7-25(8-10-26)6-5-19(27)23-18-4-3-15(21)11-17(18)22/h3-4,11H,5-10,12H2,1-2H3,(H,23,27). The van der Waals surface area contributed by atoms with Crippen molar-refractivity contribution in [1.29, 1.82) is 0 Å². The van der Waals surface area contributed by atoms with E-state index in [9.17, 15) is 14.0 Å². The monoisotopic (exact) mass is 422 g/mol. The number of amides is 2. The van der Waals surface area contributed by atoms with E-state index in [1.807, 2.05) is 18.7 Å². The number of hydrogen-bond donors (Lipinski definition) is 1.